The van der Waals surface area contributed by atoms with E-state index < -0.39 is 0 Å². The van der Waals surface area contributed by atoms with Gasteiger partial charge in [-0.05, 0) is 26.7 Å². The number of rotatable bonds is 7. The molecule has 6 heteroatoms. The summed E-state index contributed by atoms with van der Waals surface area (Å²) in [6.45, 7) is 5.28. The van der Waals surface area contributed by atoms with Gasteiger partial charge in [0.1, 0.15) is 17.5 Å². The minimum atomic E-state index is 0.104. The van der Waals surface area contributed by atoms with Crippen LogP contribution in [0.4, 0.5) is 11.6 Å². The zero-order valence-corrected chi connectivity index (χ0v) is 11.5. The molecule has 1 aromatic heterocycles. The van der Waals surface area contributed by atoms with Crippen LogP contribution in [-0.4, -0.2) is 35.0 Å². The number of aromatic nitrogens is 2. The first-order valence-corrected chi connectivity index (χ1v) is 6.80. The van der Waals surface area contributed by atoms with Gasteiger partial charge in [-0.25, -0.2) is 9.97 Å². The Labute approximate surface area is 113 Å². The largest absolute Gasteiger partial charge is 0.370 e. The van der Waals surface area contributed by atoms with Crippen LogP contribution >= 0.6 is 0 Å². The van der Waals surface area contributed by atoms with Crippen molar-refractivity contribution in [2.45, 2.75) is 39.2 Å². The van der Waals surface area contributed by atoms with Crippen LogP contribution in [0.25, 0.3) is 0 Å². The van der Waals surface area contributed by atoms with Gasteiger partial charge in [-0.3, -0.25) is 4.79 Å². The smallest absolute Gasteiger partial charge is 0.221 e. The summed E-state index contributed by atoms with van der Waals surface area (Å²) in [7, 11) is 0. The molecule has 1 fully saturated rings. The highest BCUT2D eigenvalue weighted by Crippen LogP contribution is 2.18. The Balaban J connectivity index is 1.79. The number of aryl methyl sites for hydroxylation is 1. The summed E-state index contributed by atoms with van der Waals surface area (Å²) in [5.41, 5.74) is 0. The van der Waals surface area contributed by atoms with Crippen molar-refractivity contribution < 1.29 is 4.79 Å². The standard InChI is InChI=1S/C13H21N5O/c1-3-14-11-8-12(17-9(2)16-11)15-7-6-13(19)18-10-4-5-10/h8,10H,3-7H2,1-2H3,(H,18,19)(H2,14,15,16,17). The number of carbonyl (C=O) groups excluding carboxylic acids is 1. The fraction of sp³-hybridized carbons (Fsp3) is 0.615. The van der Waals surface area contributed by atoms with E-state index in [0.717, 1.165) is 31.0 Å². The van der Waals surface area contributed by atoms with Crippen molar-refractivity contribution in [3.8, 4) is 0 Å². The molecule has 0 unspecified atom stereocenters. The maximum atomic E-state index is 11.5. The molecule has 0 atom stereocenters. The van der Waals surface area contributed by atoms with E-state index in [1.54, 1.807) is 0 Å². The molecule has 1 saturated carbocycles. The third kappa shape index (κ3) is 4.73. The zero-order valence-electron chi connectivity index (χ0n) is 11.5. The maximum Gasteiger partial charge on any atom is 0.221 e. The number of anilines is 2. The average Bonchev–Trinajstić information content (AvgIpc) is 3.12. The van der Waals surface area contributed by atoms with E-state index in [4.69, 9.17) is 0 Å². The molecule has 1 aromatic rings. The molecular formula is C13H21N5O. The lowest BCUT2D eigenvalue weighted by molar-refractivity contribution is -0.120. The van der Waals surface area contributed by atoms with Gasteiger partial charge in [-0.1, -0.05) is 0 Å². The lowest BCUT2D eigenvalue weighted by Crippen LogP contribution is -2.27. The average molecular weight is 263 g/mol. The van der Waals surface area contributed by atoms with E-state index in [1.807, 2.05) is 19.9 Å². The number of carbonyl (C=O) groups is 1. The van der Waals surface area contributed by atoms with Crippen LogP contribution < -0.4 is 16.0 Å². The molecule has 0 aromatic carbocycles. The summed E-state index contributed by atoms with van der Waals surface area (Å²) in [6, 6.07) is 2.28. The van der Waals surface area contributed by atoms with E-state index in [9.17, 15) is 4.79 Å². The van der Waals surface area contributed by atoms with E-state index >= 15 is 0 Å². The quantitative estimate of drug-likeness (QED) is 0.691. The molecule has 0 bridgehead atoms. The number of nitrogens with zero attached hydrogens (tertiary/aromatic N) is 2. The van der Waals surface area contributed by atoms with Crippen LogP contribution in [0.3, 0.4) is 0 Å². The predicted molar refractivity (Wildman–Crippen MR) is 75.2 cm³/mol. The zero-order chi connectivity index (χ0) is 13.7. The van der Waals surface area contributed by atoms with Crippen LogP contribution in [0.2, 0.25) is 0 Å². The second-order valence-electron chi connectivity index (χ2n) is 4.73. The predicted octanol–water partition coefficient (Wildman–Crippen LogP) is 1.30. The van der Waals surface area contributed by atoms with Crippen LogP contribution in [0, 0.1) is 6.92 Å². The molecule has 2 rings (SSSR count). The Morgan fingerprint density at radius 3 is 2.63 bits per heavy atom. The molecule has 1 aliphatic carbocycles. The molecule has 6 nitrogen and oxygen atoms in total. The number of amides is 1. The Bertz CT molecular complexity index is 445. The third-order valence-electron chi connectivity index (χ3n) is 2.80. The molecule has 0 spiro atoms. The third-order valence-corrected chi connectivity index (χ3v) is 2.80. The second kappa shape index (κ2) is 6.36. The van der Waals surface area contributed by atoms with Gasteiger partial charge in [0.25, 0.3) is 0 Å². The van der Waals surface area contributed by atoms with Gasteiger partial charge >= 0.3 is 0 Å². The first kappa shape index (κ1) is 13.6. The minimum Gasteiger partial charge on any atom is -0.370 e. The summed E-state index contributed by atoms with van der Waals surface area (Å²) in [5.74, 6) is 2.37. The number of hydrogen-bond donors (Lipinski definition) is 3. The van der Waals surface area contributed by atoms with Crippen molar-refractivity contribution in [2.75, 3.05) is 23.7 Å². The van der Waals surface area contributed by atoms with Crippen molar-refractivity contribution in [1.29, 1.82) is 0 Å². The van der Waals surface area contributed by atoms with Crippen molar-refractivity contribution in [3.63, 3.8) is 0 Å². The molecule has 1 aliphatic rings. The highest BCUT2D eigenvalue weighted by Gasteiger charge is 2.22. The first-order chi connectivity index (χ1) is 9.17. The van der Waals surface area contributed by atoms with Crippen molar-refractivity contribution in [2.24, 2.45) is 0 Å². The van der Waals surface area contributed by atoms with Gasteiger partial charge in [0, 0.05) is 31.6 Å². The molecule has 1 heterocycles. The second-order valence-corrected chi connectivity index (χ2v) is 4.73. The van der Waals surface area contributed by atoms with E-state index in [0.29, 0.717) is 24.8 Å². The van der Waals surface area contributed by atoms with Gasteiger partial charge < -0.3 is 16.0 Å². The highest BCUT2D eigenvalue weighted by molar-refractivity contribution is 5.77. The van der Waals surface area contributed by atoms with Crippen molar-refractivity contribution >= 4 is 17.5 Å². The molecule has 19 heavy (non-hydrogen) atoms. The van der Waals surface area contributed by atoms with Crippen LogP contribution in [-0.2, 0) is 4.79 Å². The van der Waals surface area contributed by atoms with Crippen LogP contribution in [0.5, 0.6) is 0 Å². The van der Waals surface area contributed by atoms with Gasteiger partial charge in [-0.15, -0.1) is 0 Å². The van der Waals surface area contributed by atoms with E-state index in [-0.39, 0.29) is 5.91 Å². The van der Waals surface area contributed by atoms with E-state index in [1.165, 1.54) is 0 Å². The number of hydrogen-bond acceptors (Lipinski definition) is 5. The Morgan fingerprint density at radius 1 is 1.32 bits per heavy atom. The molecule has 0 radical (unpaired) electrons. The van der Waals surface area contributed by atoms with Crippen molar-refractivity contribution in [1.82, 2.24) is 15.3 Å². The first-order valence-electron chi connectivity index (χ1n) is 6.80. The lowest BCUT2D eigenvalue weighted by Gasteiger charge is -2.09. The molecule has 0 aliphatic heterocycles. The maximum absolute atomic E-state index is 11.5. The van der Waals surface area contributed by atoms with Gasteiger partial charge in [-0.2, -0.15) is 0 Å². The van der Waals surface area contributed by atoms with Crippen molar-refractivity contribution in [3.05, 3.63) is 11.9 Å². The normalized spacial score (nSPS) is 14.0. The summed E-state index contributed by atoms with van der Waals surface area (Å²) in [6.07, 6.45) is 2.71. The summed E-state index contributed by atoms with van der Waals surface area (Å²) < 4.78 is 0. The monoisotopic (exact) mass is 263 g/mol. The molecule has 0 saturated heterocycles. The van der Waals surface area contributed by atoms with Gasteiger partial charge in [0.15, 0.2) is 0 Å². The SMILES string of the molecule is CCNc1cc(NCCC(=O)NC2CC2)nc(C)n1. The highest BCUT2D eigenvalue weighted by atomic mass is 16.1. The Morgan fingerprint density at radius 2 is 2.00 bits per heavy atom. The summed E-state index contributed by atoms with van der Waals surface area (Å²) in [5, 5.41) is 9.27. The Hall–Kier alpha value is -1.85. The number of nitrogens with one attached hydrogen (secondary N) is 3. The van der Waals surface area contributed by atoms with Crippen LogP contribution in [0.1, 0.15) is 32.0 Å². The fourth-order valence-corrected chi connectivity index (χ4v) is 1.76. The summed E-state index contributed by atoms with van der Waals surface area (Å²) >= 11 is 0. The van der Waals surface area contributed by atoms with Gasteiger partial charge in [0.05, 0.1) is 0 Å². The topological polar surface area (TPSA) is 78.9 Å². The lowest BCUT2D eigenvalue weighted by atomic mass is 10.3. The minimum absolute atomic E-state index is 0.104. The van der Waals surface area contributed by atoms with Crippen LogP contribution in [0.15, 0.2) is 6.07 Å². The van der Waals surface area contributed by atoms with Gasteiger partial charge in [0.2, 0.25) is 5.91 Å². The fourth-order valence-electron chi connectivity index (χ4n) is 1.76. The summed E-state index contributed by atoms with van der Waals surface area (Å²) in [4.78, 5) is 20.1. The molecule has 104 valence electrons. The Kier molecular flexibility index (Phi) is 4.54. The van der Waals surface area contributed by atoms with E-state index in [2.05, 4.69) is 25.9 Å². The molecule has 3 N–H and O–H groups in total. The molecular weight excluding hydrogens is 242 g/mol. The molecule has 1 amide bonds.